The number of rotatable bonds is 7. The quantitative estimate of drug-likeness (QED) is 0.630. The number of carbonyl (C=O) groups is 2. The standard InChI is InChI=1S/C18H19NO4/c1-2-22-18(21)12-17(20)19-15-8-10-16(11-9-15)23-13-14-6-4-3-5-7-14/h3-11H,2,12-13H2,1H3,(H,19,20). The summed E-state index contributed by atoms with van der Waals surface area (Å²) in [4.78, 5) is 22.9. The van der Waals surface area contributed by atoms with Crippen LogP contribution in [-0.2, 0) is 20.9 Å². The van der Waals surface area contributed by atoms with Crippen molar-refractivity contribution in [2.75, 3.05) is 11.9 Å². The Kier molecular flexibility index (Phi) is 6.17. The number of nitrogens with one attached hydrogen (secondary N) is 1. The Bertz CT molecular complexity index is 638. The van der Waals surface area contributed by atoms with Gasteiger partial charge in [0.2, 0.25) is 5.91 Å². The summed E-state index contributed by atoms with van der Waals surface area (Å²) in [7, 11) is 0. The van der Waals surface area contributed by atoms with Crippen molar-refractivity contribution in [3.05, 3.63) is 60.2 Å². The normalized spacial score (nSPS) is 9.96. The van der Waals surface area contributed by atoms with Crippen molar-refractivity contribution in [2.24, 2.45) is 0 Å². The van der Waals surface area contributed by atoms with Crippen LogP contribution in [0.25, 0.3) is 0 Å². The highest BCUT2D eigenvalue weighted by atomic mass is 16.5. The van der Waals surface area contributed by atoms with Crippen molar-refractivity contribution in [1.82, 2.24) is 0 Å². The third-order valence-corrected chi connectivity index (χ3v) is 3.00. The van der Waals surface area contributed by atoms with Gasteiger partial charge in [0.15, 0.2) is 0 Å². The molecule has 0 saturated heterocycles. The third-order valence-electron chi connectivity index (χ3n) is 3.00. The predicted molar refractivity (Wildman–Crippen MR) is 87.1 cm³/mol. The topological polar surface area (TPSA) is 64.6 Å². The second-order valence-electron chi connectivity index (χ2n) is 4.83. The van der Waals surface area contributed by atoms with Gasteiger partial charge in [-0.2, -0.15) is 0 Å². The Balaban J connectivity index is 1.82. The van der Waals surface area contributed by atoms with E-state index in [1.54, 1.807) is 31.2 Å². The minimum atomic E-state index is -0.534. The molecule has 0 spiro atoms. The maximum Gasteiger partial charge on any atom is 0.315 e. The van der Waals surface area contributed by atoms with Gasteiger partial charge >= 0.3 is 5.97 Å². The summed E-state index contributed by atoms with van der Waals surface area (Å²) < 4.78 is 10.4. The molecule has 0 atom stereocenters. The molecule has 0 aromatic heterocycles. The first-order valence-electron chi connectivity index (χ1n) is 7.39. The summed E-state index contributed by atoms with van der Waals surface area (Å²) in [6, 6.07) is 16.8. The molecule has 1 amide bonds. The summed E-state index contributed by atoms with van der Waals surface area (Å²) in [5, 5.41) is 2.64. The van der Waals surface area contributed by atoms with E-state index in [0.29, 0.717) is 18.0 Å². The van der Waals surface area contributed by atoms with Gasteiger partial charge in [0.05, 0.1) is 6.61 Å². The van der Waals surface area contributed by atoms with Crippen LogP contribution in [0.5, 0.6) is 5.75 Å². The fourth-order valence-electron chi connectivity index (χ4n) is 1.92. The van der Waals surface area contributed by atoms with Crippen molar-refractivity contribution in [1.29, 1.82) is 0 Å². The predicted octanol–water partition coefficient (Wildman–Crippen LogP) is 3.16. The molecule has 0 saturated carbocycles. The van der Waals surface area contributed by atoms with E-state index in [2.05, 4.69) is 5.32 Å². The van der Waals surface area contributed by atoms with Crippen LogP contribution in [-0.4, -0.2) is 18.5 Å². The van der Waals surface area contributed by atoms with Gasteiger partial charge in [-0.05, 0) is 36.8 Å². The largest absolute Gasteiger partial charge is 0.489 e. The number of hydrogen-bond donors (Lipinski definition) is 1. The number of benzene rings is 2. The number of carbonyl (C=O) groups excluding carboxylic acids is 2. The van der Waals surface area contributed by atoms with Crippen LogP contribution in [0.3, 0.4) is 0 Å². The lowest BCUT2D eigenvalue weighted by molar-refractivity contribution is -0.145. The third kappa shape index (κ3) is 5.82. The summed E-state index contributed by atoms with van der Waals surface area (Å²) in [5.74, 6) is -0.230. The summed E-state index contributed by atoms with van der Waals surface area (Å²) in [6.45, 7) is 2.44. The van der Waals surface area contributed by atoms with Gasteiger partial charge in [0.1, 0.15) is 18.8 Å². The van der Waals surface area contributed by atoms with Crippen LogP contribution >= 0.6 is 0 Å². The van der Waals surface area contributed by atoms with Gasteiger partial charge in [-0.15, -0.1) is 0 Å². The zero-order chi connectivity index (χ0) is 16.5. The first-order chi connectivity index (χ1) is 11.2. The van der Waals surface area contributed by atoms with E-state index in [-0.39, 0.29) is 13.0 Å². The fraction of sp³-hybridized carbons (Fsp3) is 0.222. The van der Waals surface area contributed by atoms with E-state index in [1.165, 1.54) is 0 Å². The van der Waals surface area contributed by atoms with Gasteiger partial charge < -0.3 is 14.8 Å². The lowest BCUT2D eigenvalue weighted by Gasteiger charge is -2.08. The average Bonchev–Trinajstić information content (AvgIpc) is 2.55. The van der Waals surface area contributed by atoms with E-state index in [9.17, 15) is 9.59 Å². The van der Waals surface area contributed by atoms with E-state index >= 15 is 0 Å². The van der Waals surface area contributed by atoms with Gasteiger partial charge in [-0.3, -0.25) is 9.59 Å². The highest BCUT2D eigenvalue weighted by Crippen LogP contribution is 2.17. The van der Waals surface area contributed by atoms with Crippen molar-refractivity contribution in [2.45, 2.75) is 20.0 Å². The molecule has 5 nitrogen and oxygen atoms in total. The lowest BCUT2D eigenvalue weighted by Crippen LogP contribution is -2.18. The van der Waals surface area contributed by atoms with Gasteiger partial charge in [-0.1, -0.05) is 30.3 Å². The molecule has 0 aliphatic rings. The lowest BCUT2D eigenvalue weighted by atomic mass is 10.2. The molecular weight excluding hydrogens is 294 g/mol. The van der Waals surface area contributed by atoms with Crippen LogP contribution < -0.4 is 10.1 Å². The molecule has 0 unspecified atom stereocenters. The summed E-state index contributed by atoms with van der Waals surface area (Å²) in [6.07, 6.45) is -0.292. The zero-order valence-electron chi connectivity index (χ0n) is 13.0. The molecule has 2 aromatic carbocycles. The molecule has 0 fully saturated rings. The minimum absolute atomic E-state index is 0.263. The molecule has 2 rings (SSSR count). The van der Waals surface area contributed by atoms with Crippen molar-refractivity contribution < 1.29 is 19.1 Å². The molecule has 0 heterocycles. The Morgan fingerprint density at radius 1 is 1.00 bits per heavy atom. The van der Waals surface area contributed by atoms with Gasteiger partial charge in [0, 0.05) is 5.69 Å². The second kappa shape index (κ2) is 8.58. The second-order valence-corrected chi connectivity index (χ2v) is 4.83. The Morgan fingerprint density at radius 2 is 1.70 bits per heavy atom. The molecule has 0 aliphatic carbocycles. The van der Waals surface area contributed by atoms with Crippen LogP contribution in [0.2, 0.25) is 0 Å². The maximum absolute atomic E-state index is 11.7. The van der Waals surface area contributed by atoms with Crippen LogP contribution in [0.15, 0.2) is 54.6 Å². The van der Waals surface area contributed by atoms with Crippen molar-refractivity contribution in [3.63, 3.8) is 0 Å². The first kappa shape index (κ1) is 16.5. The number of amides is 1. The smallest absolute Gasteiger partial charge is 0.315 e. The molecule has 0 aliphatic heterocycles. The average molecular weight is 313 g/mol. The Morgan fingerprint density at radius 3 is 2.35 bits per heavy atom. The Hall–Kier alpha value is -2.82. The van der Waals surface area contributed by atoms with Gasteiger partial charge in [-0.25, -0.2) is 0 Å². The summed E-state index contributed by atoms with van der Waals surface area (Å²) >= 11 is 0. The molecule has 120 valence electrons. The Labute approximate surface area is 135 Å². The van der Waals surface area contributed by atoms with Gasteiger partial charge in [0.25, 0.3) is 0 Å². The molecule has 5 heteroatoms. The monoisotopic (exact) mass is 313 g/mol. The molecule has 0 bridgehead atoms. The fourth-order valence-corrected chi connectivity index (χ4v) is 1.92. The van der Waals surface area contributed by atoms with E-state index in [4.69, 9.17) is 9.47 Å². The first-order valence-corrected chi connectivity index (χ1v) is 7.39. The molecule has 1 N–H and O–H groups in total. The molecule has 2 aromatic rings. The van der Waals surface area contributed by atoms with Crippen LogP contribution in [0.1, 0.15) is 18.9 Å². The SMILES string of the molecule is CCOC(=O)CC(=O)Nc1ccc(OCc2ccccc2)cc1. The highest BCUT2D eigenvalue weighted by Gasteiger charge is 2.10. The number of ether oxygens (including phenoxy) is 2. The van der Waals surface area contributed by atoms with E-state index < -0.39 is 11.9 Å². The van der Waals surface area contributed by atoms with Crippen LogP contribution in [0.4, 0.5) is 5.69 Å². The number of esters is 1. The van der Waals surface area contributed by atoms with Crippen molar-refractivity contribution in [3.8, 4) is 5.75 Å². The highest BCUT2D eigenvalue weighted by molar-refractivity contribution is 6.01. The van der Waals surface area contributed by atoms with Crippen LogP contribution in [0, 0.1) is 0 Å². The van der Waals surface area contributed by atoms with Crippen molar-refractivity contribution >= 4 is 17.6 Å². The zero-order valence-corrected chi connectivity index (χ0v) is 13.0. The van der Waals surface area contributed by atoms with E-state index in [1.807, 2.05) is 30.3 Å². The molecular formula is C18H19NO4. The minimum Gasteiger partial charge on any atom is -0.489 e. The number of anilines is 1. The maximum atomic E-state index is 11.7. The molecule has 23 heavy (non-hydrogen) atoms. The summed E-state index contributed by atoms with van der Waals surface area (Å²) in [5.41, 5.74) is 1.69. The molecule has 0 radical (unpaired) electrons. The number of hydrogen-bond acceptors (Lipinski definition) is 4. The van der Waals surface area contributed by atoms with E-state index in [0.717, 1.165) is 5.56 Å².